The fraction of sp³-hybridized carbons (Fsp3) is 0.605. The first-order valence-corrected chi connectivity index (χ1v) is 17.8. The van der Waals surface area contributed by atoms with E-state index in [2.05, 4.69) is 88.2 Å². The summed E-state index contributed by atoms with van der Waals surface area (Å²) in [4.78, 5) is 18.3. The van der Waals surface area contributed by atoms with Gasteiger partial charge in [-0.05, 0) is 64.6 Å². The summed E-state index contributed by atoms with van der Waals surface area (Å²) in [5.74, 6) is 2.02. The average Bonchev–Trinajstić information content (AvgIpc) is 3.38. The number of hydrogen-bond acceptors (Lipinski definition) is 4. The van der Waals surface area contributed by atoms with Crippen molar-refractivity contribution in [1.29, 1.82) is 0 Å². The van der Waals surface area contributed by atoms with Crippen LogP contribution in [0.15, 0.2) is 53.6 Å². The van der Waals surface area contributed by atoms with Crippen LogP contribution in [0, 0.1) is 0 Å². The van der Waals surface area contributed by atoms with Gasteiger partial charge in [-0.15, -0.1) is 11.8 Å². The van der Waals surface area contributed by atoms with Crippen LogP contribution in [0.4, 0.5) is 5.69 Å². The molecule has 0 fully saturated rings. The Morgan fingerprint density at radius 3 is 1.98 bits per heavy atom. The summed E-state index contributed by atoms with van der Waals surface area (Å²) in [5, 5.41) is 0. The van der Waals surface area contributed by atoms with Crippen molar-refractivity contribution in [2.45, 2.75) is 137 Å². The summed E-state index contributed by atoms with van der Waals surface area (Å²) in [6.45, 7) is 15.0. The van der Waals surface area contributed by atoms with E-state index in [-0.39, 0.29) is 11.3 Å². The van der Waals surface area contributed by atoms with Crippen LogP contribution in [0.5, 0.6) is 5.75 Å². The second kappa shape index (κ2) is 18.4. The zero-order valence-corrected chi connectivity index (χ0v) is 28.9. The molecule has 5 heteroatoms. The number of carbonyl (C=O) groups excluding carboxylic acids is 1. The SMILES string of the molecule is CCCCCCCCCCCCCCOc1ccc(CN(C(C)=O)c2ccc(CN3C=C(C)SC3)cc2)cc1C(C)(C)C. The molecule has 0 aromatic heterocycles. The van der Waals surface area contributed by atoms with Gasteiger partial charge in [0.15, 0.2) is 0 Å². The van der Waals surface area contributed by atoms with Crippen molar-refractivity contribution in [3.05, 3.63) is 70.3 Å². The number of anilines is 1. The Balaban J connectivity index is 1.48. The zero-order chi connectivity index (χ0) is 31.1. The normalized spacial score (nSPS) is 13.3. The highest BCUT2D eigenvalue weighted by molar-refractivity contribution is 8.03. The predicted octanol–water partition coefficient (Wildman–Crippen LogP) is 11.0. The number of benzene rings is 2. The van der Waals surface area contributed by atoms with E-state index in [0.717, 1.165) is 42.4 Å². The van der Waals surface area contributed by atoms with Crippen molar-refractivity contribution in [3.8, 4) is 5.75 Å². The number of allylic oxidation sites excluding steroid dienone is 1. The van der Waals surface area contributed by atoms with Gasteiger partial charge in [0.25, 0.3) is 0 Å². The molecule has 0 saturated heterocycles. The van der Waals surface area contributed by atoms with E-state index in [4.69, 9.17) is 4.74 Å². The molecule has 0 saturated carbocycles. The molecule has 2 aromatic carbocycles. The fourth-order valence-corrected chi connectivity index (χ4v) is 6.46. The quantitative estimate of drug-likeness (QED) is 0.149. The molecular weight excluding hydrogens is 548 g/mol. The standard InChI is InChI=1S/C38H58N2O2S/c1-7-8-9-10-11-12-13-14-15-16-17-18-25-42-37-24-21-34(26-36(37)38(4,5)6)29-40(32(3)41)35-22-19-33(20-23-35)28-39-27-31(2)43-30-39/h19-24,26-27H,7-18,25,28-30H2,1-6H3. The zero-order valence-electron chi connectivity index (χ0n) is 28.1. The molecular formula is C38H58N2O2S. The molecule has 0 bridgehead atoms. The van der Waals surface area contributed by atoms with Crippen LogP contribution in [0.2, 0.25) is 0 Å². The van der Waals surface area contributed by atoms with Crippen LogP contribution in [0.1, 0.15) is 135 Å². The van der Waals surface area contributed by atoms with Gasteiger partial charge in [0.1, 0.15) is 5.75 Å². The minimum Gasteiger partial charge on any atom is -0.493 e. The molecule has 0 atom stereocenters. The highest BCUT2D eigenvalue weighted by Gasteiger charge is 2.21. The lowest BCUT2D eigenvalue weighted by atomic mass is 9.85. The molecule has 4 nitrogen and oxygen atoms in total. The monoisotopic (exact) mass is 606 g/mol. The smallest absolute Gasteiger partial charge is 0.224 e. The highest BCUT2D eigenvalue weighted by Crippen LogP contribution is 2.33. The lowest BCUT2D eigenvalue weighted by Gasteiger charge is -2.26. The Labute approximate surface area is 267 Å². The van der Waals surface area contributed by atoms with Crippen molar-refractivity contribution >= 4 is 23.4 Å². The molecule has 0 spiro atoms. The summed E-state index contributed by atoms with van der Waals surface area (Å²) < 4.78 is 6.33. The third-order valence-electron chi connectivity index (χ3n) is 8.28. The molecule has 238 valence electrons. The van der Waals surface area contributed by atoms with Crippen molar-refractivity contribution in [2.75, 3.05) is 17.4 Å². The van der Waals surface area contributed by atoms with Crippen LogP contribution in [-0.4, -0.2) is 23.3 Å². The molecule has 0 N–H and O–H groups in total. The Morgan fingerprint density at radius 2 is 1.44 bits per heavy atom. The Kier molecular flexibility index (Phi) is 15.0. The molecule has 0 unspecified atom stereocenters. The molecule has 2 aromatic rings. The first-order chi connectivity index (χ1) is 20.7. The van der Waals surface area contributed by atoms with Crippen LogP contribution in [-0.2, 0) is 23.3 Å². The maximum atomic E-state index is 12.7. The van der Waals surface area contributed by atoms with Gasteiger partial charge in [0.05, 0.1) is 19.0 Å². The molecule has 1 amide bonds. The largest absolute Gasteiger partial charge is 0.493 e. The summed E-state index contributed by atoms with van der Waals surface area (Å²) in [7, 11) is 0. The summed E-state index contributed by atoms with van der Waals surface area (Å²) >= 11 is 1.88. The molecule has 1 aliphatic heterocycles. The van der Waals surface area contributed by atoms with Crippen molar-refractivity contribution in [2.24, 2.45) is 0 Å². The van der Waals surface area contributed by atoms with E-state index >= 15 is 0 Å². The summed E-state index contributed by atoms with van der Waals surface area (Å²) in [5.41, 5.74) is 4.46. The van der Waals surface area contributed by atoms with Gasteiger partial charge >= 0.3 is 0 Å². The van der Waals surface area contributed by atoms with Gasteiger partial charge in [-0.25, -0.2) is 0 Å². The summed E-state index contributed by atoms with van der Waals surface area (Å²) in [6, 6.07) is 14.9. The third kappa shape index (κ3) is 12.6. The molecule has 1 heterocycles. The van der Waals surface area contributed by atoms with Gasteiger partial charge in [-0.2, -0.15) is 0 Å². The van der Waals surface area contributed by atoms with Crippen LogP contribution in [0.25, 0.3) is 0 Å². The maximum Gasteiger partial charge on any atom is 0.224 e. The van der Waals surface area contributed by atoms with E-state index in [1.807, 2.05) is 16.7 Å². The first-order valence-electron chi connectivity index (χ1n) is 16.9. The van der Waals surface area contributed by atoms with Crippen LogP contribution < -0.4 is 9.64 Å². The van der Waals surface area contributed by atoms with Crippen molar-refractivity contribution < 1.29 is 9.53 Å². The van der Waals surface area contributed by atoms with E-state index in [9.17, 15) is 4.79 Å². The Hall–Kier alpha value is -2.40. The van der Waals surface area contributed by atoms with Gasteiger partial charge < -0.3 is 14.5 Å². The van der Waals surface area contributed by atoms with Gasteiger partial charge in [-0.1, -0.05) is 117 Å². The van der Waals surface area contributed by atoms with Crippen LogP contribution in [0.3, 0.4) is 0 Å². The number of rotatable bonds is 19. The summed E-state index contributed by atoms with van der Waals surface area (Å²) in [6.07, 6.45) is 18.4. The highest BCUT2D eigenvalue weighted by atomic mass is 32.2. The number of unbranched alkanes of at least 4 members (excludes halogenated alkanes) is 11. The number of thioether (sulfide) groups is 1. The second-order valence-corrected chi connectivity index (χ2v) is 14.5. The van der Waals surface area contributed by atoms with Gasteiger partial charge in [0.2, 0.25) is 5.91 Å². The number of amides is 1. The topological polar surface area (TPSA) is 32.8 Å². The molecule has 1 aliphatic rings. The predicted molar refractivity (Wildman–Crippen MR) is 187 cm³/mol. The molecule has 0 aliphatic carbocycles. The Bertz CT molecular complexity index is 1140. The minimum atomic E-state index is -0.0504. The third-order valence-corrected chi connectivity index (χ3v) is 9.31. The van der Waals surface area contributed by atoms with E-state index < -0.39 is 0 Å². The van der Waals surface area contributed by atoms with Crippen molar-refractivity contribution in [3.63, 3.8) is 0 Å². The van der Waals surface area contributed by atoms with Gasteiger partial charge in [-0.3, -0.25) is 4.79 Å². The number of nitrogens with zero attached hydrogens (tertiary/aromatic N) is 2. The molecule has 43 heavy (non-hydrogen) atoms. The first kappa shape index (κ1) is 35.1. The van der Waals surface area contributed by atoms with E-state index in [0.29, 0.717) is 6.54 Å². The average molecular weight is 607 g/mol. The van der Waals surface area contributed by atoms with Gasteiger partial charge in [0, 0.05) is 25.4 Å². The Morgan fingerprint density at radius 1 is 0.860 bits per heavy atom. The lowest BCUT2D eigenvalue weighted by Crippen LogP contribution is -2.28. The molecule has 0 radical (unpaired) electrons. The maximum absolute atomic E-state index is 12.7. The molecule has 3 rings (SSSR count). The minimum absolute atomic E-state index is 0.0480. The lowest BCUT2D eigenvalue weighted by molar-refractivity contribution is -0.116. The van der Waals surface area contributed by atoms with Crippen molar-refractivity contribution in [1.82, 2.24) is 4.90 Å². The van der Waals surface area contributed by atoms with E-state index in [1.165, 1.54) is 86.7 Å². The van der Waals surface area contributed by atoms with Crippen LogP contribution >= 0.6 is 11.8 Å². The number of hydrogen-bond donors (Lipinski definition) is 0. The second-order valence-electron chi connectivity index (χ2n) is 13.3. The number of ether oxygens (including phenoxy) is 1. The van der Waals surface area contributed by atoms with E-state index in [1.54, 1.807) is 6.92 Å². The fourth-order valence-electron chi connectivity index (χ4n) is 5.70. The number of carbonyl (C=O) groups is 1.